The van der Waals surface area contributed by atoms with Crippen LogP contribution in [0.1, 0.15) is 23.5 Å². The van der Waals surface area contributed by atoms with Gasteiger partial charge in [-0.2, -0.15) is 0 Å². The quantitative estimate of drug-likeness (QED) is 0.907. The lowest BCUT2D eigenvalue weighted by Gasteiger charge is -2.08. The molecule has 3 nitrogen and oxygen atoms in total. The number of nitrogens with one attached hydrogen (secondary N) is 1. The van der Waals surface area contributed by atoms with Crippen molar-refractivity contribution in [3.05, 3.63) is 64.4 Å². The highest BCUT2D eigenvalue weighted by molar-refractivity contribution is 6.31. The standard InChI is InChI=1S/C17H15ClFNO2/c18-12-5-3-6-13(19)17(12)11-9-14(11)20-16(22)8-10-4-1-2-7-15(10)21/h1-7,11,14,21H,8-9H2,(H,20,22)/t11-,14-/m1/s1. The Balaban J connectivity index is 1.62. The molecule has 0 radical (unpaired) electrons. The summed E-state index contributed by atoms with van der Waals surface area (Å²) in [4.78, 5) is 12.0. The van der Waals surface area contributed by atoms with Gasteiger partial charge in [0, 0.05) is 28.1 Å². The zero-order valence-corrected chi connectivity index (χ0v) is 12.5. The Hall–Kier alpha value is -2.07. The van der Waals surface area contributed by atoms with Crippen molar-refractivity contribution in [2.24, 2.45) is 0 Å². The molecule has 0 spiro atoms. The van der Waals surface area contributed by atoms with Gasteiger partial charge < -0.3 is 10.4 Å². The molecule has 0 aliphatic heterocycles. The number of hydrogen-bond acceptors (Lipinski definition) is 2. The zero-order valence-electron chi connectivity index (χ0n) is 11.7. The molecule has 0 unspecified atom stereocenters. The number of carbonyl (C=O) groups is 1. The number of carbonyl (C=O) groups excluding carboxylic acids is 1. The van der Waals surface area contributed by atoms with E-state index in [0.29, 0.717) is 22.6 Å². The lowest BCUT2D eigenvalue weighted by Crippen LogP contribution is -2.28. The lowest BCUT2D eigenvalue weighted by molar-refractivity contribution is -0.120. The van der Waals surface area contributed by atoms with E-state index in [0.717, 1.165) is 0 Å². The molecule has 0 heterocycles. The summed E-state index contributed by atoms with van der Waals surface area (Å²) in [7, 11) is 0. The van der Waals surface area contributed by atoms with E-state index in [-0.39, 0.29) is 35.9 Å². The number of hydrogen-bond donors (Lipinski definition) is 2. The van der Waals surface area contributed by atoms with Crippen LogP contribution >= 0.6 is 11.6 Å². The molecule has 0 saturated heterocycles. The van der Waals surface area contributed by atoms with Crippen molar-refractivity contribution >= 4 is 17.5 Å². The molecule has 2 atom stereocenters. The van der Waals surface area contributed by atoms with E-state index in [9.17, 15) is 14.3 Å². The summed E-state index contributed by atoms with van der Waals surface area (Å²) in [5.41, 5.74) is 1.04. The predicted octanol–water partition coefficient (Wildman–Crippen LogP) is 3.40. The van der Waals surface area contributed by atoms with Gasteiger partial charge in [-0.05, 0) is 24.6 Å². The topological polar surface area (TPSA) is 49.3 Å². The first-order valence-electron chi connectivity index (χ1n) is 7.06. The van der Waals surface area contributed by atoms with E-state index in [2.05, 4.69) is 5.32 Å². The summed E-state index contributed by atoms with van der Waals surface area (Å²) in [6.45, 7) is 0. The average Bonchev–Trinajstić information content (AvgIpc) is 3.20. The van der Waals surface area contributed by atoms with E-state index in [1.807, 2.05) is 0 Å². The highest BCUT2D eigenvalue weighted by Gasteiger charge is 2.42. The molecule has 0 bridgehead atoms. The fourth-order valence-electron chi connectivity index (χ4n) is 2.63. The number of aromatic hydroxyl groups is 1. The van der Waals surface area contributed by atoms with Crippen LogP contribution in [0.2, 0.25) is 5.02 Å². The molecule has 1 aliphatic carbocycles. The zero-order chi connectivity index (χ0) is 15.7. The van der Waals surface area contributed by atoms with E-state index >= 15 is 0 Å². The molecular weight excluding hydrogens is 305 g/mol. The monoisotopic (exact) mass is 319 g/mol. The van der Waals surface area contributed by atoms with E-state index in [1.54, 1.807) is 36.4 Å². The van der Waals surface area contributed by atoms with Crippen LogP contribution < -0.4 is 5.32 Å². The first kappa shape index (κ1) is 14.9. The Kier molecular flexibility index (Phi) is 4.03. The fraction of sp³-hybridized carbons (Fsp3) is 0.235. The second-order valence-electron chi connectivity index (χ2n) is 5.46. The molecule has 2 N–H and O–H groups in total. The van der Waals surface area contributed by atoms with Crippen LogP contribution in [0.25, 0.3) is 0 Å². The summed E-state index contributed by atoms with van der Waals surface area (Å²) >= 11 is 6.03. The number of benzene rings is 2. The van der Waals surface area contributed by atoms with Crippen LogP contribution in [0.3, 0.4) is 0 Å². The molecule has 1 saturated carbocycles. The molecule has 3 rings (SSSR count). The largest absolute Gasteiger partial charge is 0.508 e. The highest BCUT2D eigenvalue weighted by Crippen LogP contribution is 2.44. The molecule has 1 fully saturated rings. The molecule has 2 aromatic rings. The van der Waals surface area contributed by atoms with Crippen molar-refractivity contribution in [2.45, 2.75) is 24.8 Å². The molecular formula is C17H15ClFNO2. The van der Waals surface area contributed by atoms with Crippen LogP contribution in [0, 0.1) is 5.82 Å². The third-order valence-corrected chi connectivity index (χ3v) is 4.18. The molecule has 114 valence electrons. The van der Waals surface area contributed by atoms with Crippen LogP contribution in [0.4, 0.5) is 4.39 Å². The van der Waals surface area contributed by atoms with Crippen molar-refractivity contribution in [2.75, 3.05) is 0 Å². The minimum Gasteiger partial charge on any atom is -0.508 e. The lowest BCUT2D eigenvalue weighted by atomic mass is 10.1. The number of halogens is 2. The second-order valence-corrected chi connectivity index (χ2v) is 5.86. The summed E-state index contributed by atoms with van der Waals surface area (Å²) in [5, 5.41) is 12.9. The number of amides is 1. The summed E-state index contributed by atoms with van der Waals surface area (Å²) in [6.07, 6.45) is 0.772. The van der Waals surface area contributed by atoms with Gasteiger partial charge in [0.05, 0.1) is 6.42 Å². The molecule has 5 heteroatoms. The van der Waals surface area contributed by atoms with Gasteiger partial charge in [-0.1, -0.05) is 35.9 Å². The number of phenolic OH excluding ortho intramolecular Hbond substituents is 1. The minimum absolute atomic E-state index is 0.0815. The van der Waals surface area contributed by atoms with Gasteiger partial charge in [-0.3, -0.25) is 4.79 Å². The minimum atomic E-state index is -0.338. The first-order valence-corrected chi connectivity index (χ1v) is 7.44. The SMILES string of the molecule is O=C(Cc1ccccc1O)N[C@@H]1C[C@H]1c1c(F)cccc1Cl. The Bertz CT molecular complexity index is 699. The van der Waals surface area contributed by atoms with E-state index < -0.39 is 0 Å². The Morgan fingerprint density at radius 3 is 2.77 bits per heavy atom. The Morgan fingerprint density at radius 2 is 2.05 bits per heavy atom. The molecule has 1 aliphatic rings. The van der Waals surface area contributed by atoms with Gasteiger partial charge >= 0.3 is 0 Å². The maximum Gasteiger partial charge on any atom is 0.224 e. The van der Waals surface area contributed by atoms with Crippen molar-refractivity contribution in [1.82, 2.24) is 5.32 Å². The van der Waals surface area contributed by atoms with Crippen LogP contribution in [0.5, 0.6) is 5.75 Å². The highest BCUT2D eigenvalue weighted by atomic mass is 35.5. The van der Waals surface area contributed by atoms with Gasteiger partial charge in [0.15, 0.2) is 0 Å². The number of para-hydroxylation sites is 1. The third-order valence-electron chi connectivity index (χ3n) is 3.85. The predicted molar refractivity (Wildman–Crippen MR) is 82.5 cm³/mol. The Labute approximate surface area is 132 Å². The van der Waals surface area contributed by atoms with Gasteiger partial charge in [0.1, 0.15) is 11.6 Å². The van der Waals surface area contributed by atoms with Gasteiger partial charge in [0.2, 0.25) is 5.91 Å². The number of rotatable bonds is 4. The molecule has 2 aromatic carbocycles. The summed E-state index contributed by atoms with van der Waals surface area (Å²) < 4.78 is 13.8. The van der Waals surface area contributed by atoms with Crippen LogP contribution in [0.15, 0.2) is 42.5 Å². The number of phenols is 1. The average molecular weight is 320 g/mol. The van der Waals surface area contributed by atoms with Crippen molar-refractivity contribution in [3.8, 4) is 5.75 Å². The third kappa shape index (κ3) is 3.07. The summed E-state index contributed by atoms with van der Waals surface area (Å²) in [6, 6.07) is 11.2. The van der Waals surface area contributed by atoms with Crippen molar-refractivity contribution < 1.29 is 14.3 Å². The van der Waals surface area contributed by atoms with Gasteiger partial charge in [0.25, 0.3) is 0 Å². The first-order chi connectivity index (χ1) is 10.6. The van der Waals surface area contributed by atoms with E-state index in [4.69, 9.17) is 11.6 Å². The molecule has 0 aromatic heterocycles. The molecule has 1 amide bonds. The second kappa shape index (κ2) is 5.97. The fourth-order valence-corrected chi connectivity index (χ4v) is 2.93. The van der Waals surface area contributed by atoms with Crippen LogP contribution in [-0.4, -0.2) is 17.1 Å². The maximum atomic E-state index is 13.8. The normalized spacial score (nSPS) is 19.7. The van der Waals surface area contributed by atoms with Crippen molar-refractivity contribution in [1.29, 1.82) is 0 Å². The van der Waals surface area contributed by atoms with E-state index in [1.165, 1.54) is 6.07 Å². The Morgan fingerprint density at radius 1 is 1.27 bits per heavy atom. The smallest absolute Gasteiger partial charge is 0.224 e. The van der Waals surface area contributed by atoms with Crippen molar-refractivity contribution in [3.63, 3.8) is 0 Å². The maximum absolute atomic E-state index is 13.8. The molecule has 22 heavy (non-hydrogen) atoms. The summed E-state index contributed by atoms with van der Waals surface area (Å²) in [5.74, 6) is -0.513. The van der Waals surface area contributed by atoms with Crippen LogP contribution in [-0.2, 0) is 11.2 Å². The van der Waals surface area contributed by atoms with Gasteiger partial charge in [-0.25, -0.2) is 4.39 Å². The van der Waals surface area contributed by atoms with Gasteiger partial charge in [-0.15, -0.1) is 0 Å².